The third-order valence-corrected chi connectivity index (χ3v) is 5.65. The topological polar surface area (TPSA) is 113 Å². The molecule has 5 rings (SSSR count). The number of pyridine rings is 1. The molecule has 1 aliphatic rings. The van der Waals surface area contributed by atoms with Gasteiger partial charge in [0.25, 0.3) is 0 Å². The molecule has 1 fully saturated rings. The highest BCUT2D eigenvalue weighted by atomic mass is 19.4. The lowest BCUT2D eigenvalue weighted by atomic mass is 10.0. The van der Waals surface area contributed by atoms with E-state index in [2.05, 4.69) is 41.0 Å². The monoisotopic (exact) mass is 539 g/mol. The standard InChI is InChI=1S/C25H21F4N9O/c26-22-15-31-24(36-23(22)38-5-7-39-8-6-38)37-34-14-19-1-2-20(13-30-19)35-21-10-17(16-3-4-32-33-12-16)9-18(11-21)25(27,28)29/h1-4,9-15,35H,5-8H2,(H,31,36,37)/b34-14+. The fourth-order valence-electron chi connectivity index (χ4n) is 3.78. The SMILES string of the molecule is Fc1cnc(N/N=C/c2ccc(Nc3cc(-c4ccnnc4)cc(C(F)(F)F)c3)cn2)nc1N1CCOCC1. The molecule has 0 radical (unpaired) electrons. The minimum atomic E-state index is -4.53. The lowest BCUT2D eigenvalue weighted by Crippen LogP contribution is -2.37. The lowest BCUT2D eigenvalue weighted by molar-refractivity contribution is -0.137. The Morgan fingerprint density at radius 1 is 0.923 bits per heavy atom. The van der Waals surface area contributed by atoms with Crippen molar-refractivity contribution in [1.82, 2.24) is 25.1 Å². The number of nitrogens with zero attached hydrogens (tertiary/aromatic N) is 7. The Hall–Kier alpha value is -4.72. The van der Waals surface area contributed by atoms with Gasteiger partial charge in [-0.2, -0.15) is 33.5 Å². The maximum Gasteiger partial charge on any atom is 0.416 e. The summed E-state index contributed by atoms with van der Waals surface area (Å²) in [5.41, 5.74) is 3.83. The van der Waals surface area contributed by atoms with Crippen LogP contribution in [0.5, 0.6) is 0 Å². The largest absolute Gasteiger partial charge is 0.416 e. The molecule has 0 atom stereocenters. The maximum atomic E-state index is 14.2. The molecule has 4 heterocycles. The van der Waals surface area contributed by atoms with Gasteiger partial charge in [-0.1, -0.05) is 0 Å². The van der Waals surface area contributed by atoms with Crippen LogP contribution in [0.15, 0.2) is 66.3 Å². The molecule has 1 aromatic carbocycles. The van der Waals surface area contributed by atoms with E-state index in [1.54, 1.807) is 29.2 Å². The molecule has 10 nitrogen and oxygen atoms in total. The molecule has 14 heteroatoms. The van der Waals surface area contributed by atoms with E-state index in [0.29, 0.717) is 48.8 Å². The Labute approximate surface area is 219 Å². The predicted molar refractivity (Wildman–Crippen MR) is 136 cm³/mol. The summed E-state index contributed by atoms with van der Waals surface area (Å²) in [6.07, 6.45) is 2.20. The Morgan fingerprint density at radius 2 is 1.77 bits per heavy atom. The van der Waals surface area contributed by atoms with E-state index in [0.717, 1.165) is 18.3 Å². The molecule has 200 valence electrons. The highest BCUT2D eigenvalue weighted by Gasteiger charge is 2.31. The minimum absolute atomic E-state index is 0.108. The zero-order valence-electron chi connectivity index (χ0n) is 20.2. The number of anilines is 4. The van der Waals surface area contributed by atoms with Gasteiger partial charge < -0.3 is 15.0 Å². The normalized spacial score (nSPS) is 14.0. The first-order chi connectivity index (χ1) is 18.8. The Balaban J connectivity index is 1.27. The number of rotatable bonds is 7. The van der Waals surface area contributed by atoms with Gasteiger partial charge in [-0.3, -0.25) is 4.98 Å². The predicted octanol–water partition coefficient (Wildman–Crippen LogP) is 4.51. The molecule has 0 amide bonds. The second kappa shape index (κ2) is 11.3. The summed E-state index contributed by atoms with van der Waals surface area (Å²) < 4.78 is 60.0. The third-order valence-electron chi connectivity index (χ3n) is 5.65. The summed E-state index contributed by atoms with van der Waals surface area (Å²) in [6.45, 7) is 2.00. The molecule has 39 heavy (non-hydrogen) atoms. The first kappa shape index (κ1) is 25.9. The summed E-state index contributed by atoms with van der Waals surface area (Å²) in [6, 6.07) is 8.51. The Bertz CT molecular complexity index is 1440. The van der Waals surface area contributed by atoms with Gasteiger partial charge in [-0.05, 0) is 42.0 Å². The first-order valence-electron chi connectivity index (χ1n) is 11.7. The molecular weight excluding hydrogens is 518 g/mol. The Kier molecular flexibility index (Phi) is 7.54. The molecule has 0 spiro atoms. The van der Waals surface area contributed by atoms with Crippen LogP contribution in [0.4, 0.5) is 40.7 Å². The van der Waals surface area contributed by atoms with E-state index in [9.17, 15) is 17.6 Å². The van der Waals surface area contributed by atoms with Crippen molar-refractivity contribution in [3.63, 3.8) is 0 Å². The fourth-order valence-corrected chi connectivity index (χ4v) is 3.78. The van der Waals surface area contributed by atoms with Crippen molar-refractivity contribution >= 4 is 29.4 Å². The van der Waals surface area contributed by atoms with Gasteiger partial charge in [-0.15, -0.1) is 0 Å². The average Bonchev–Trinajstić information content (AvgIpc) is 2.95. The number of hydrazone groups is 1. The number of halogens is 4. The van der Waals surface area contributed by atoms with Crippen LogP contribution in [-0.4, -0.2) is 57.7 Å². The molecule has 0 aliphatic carbocycles. The molecular formula is C25H21F4N9O. The van der Waals surface area contributed by atoms with E-state index in [4.69, 9.17) is 4.74 Å². The zero-order chi connectivity index (χ0) is 27.2. The third kappa shape index (κ3) is 6.59. The van der Waals surface area contributed by atoms with E-state index >= 15 is 0 Å². The van der Waals surface area contributed by atoms with Gasteiger partial charge in [0.2, 0.25) is 5.95 Å². The van der Waals surface area contributed by atoms with Gasteiger partial charge in [0.15, 0.2) is 11.6 Å². The average molecular weight is 539 g/mol. The summed E-state index contributed by atoms with van der Waals surface area (Å²) in [4.78, 5) is 14.1. The number of ether oxygens (including phenoxy) is 1. The minimum Gasteiger partial charge on any atom is -0.378 e. The van der Waals surface area contributed by atoms with E-state index in [-0.39, 0.29) is 17.5 Å². The van der Waals surface area contributed by atoms with Crippen molar-refractivity contribution in [3.8, 4) is 11.1 Å². The number of benzene rings is 1. The van der Waals surface area contributed by atoms with Crippen LogP contribution in [-0.2, 0) is 10.9 Å². The van der Waals surface area contributed by atoms with Crippen LogP contribution >= 0.6 is 0 Å². The molecule has 0 unspecified atom stereocenters. The number of morpholine rings is 1. The van der Waals surface area contributed by atoms with Gasteiger partial charge in [0.05, 0.1) is 61.2 Å². The highest BCUT2D eigenvalue weighted by molar-refractivity contribution is 5.78. The highest BCUT2D eigenvalue weighted by Crippen LogP contribution is 2.35. The first-order valence-corrected chi connectivity index (χ1v) is 11.7. The number of hydrogen-bond acceptors (Lipinski definition) is 10. The molecule has 0 saturated carbocycles. The van der Waals surface area contributed by atoms with Crippen LogP contribution in [0.1, 0.15) is 11.3 Å². The van der Waals surface area contributed by atoms with Crippen molar-refractivity contribution in [2.24, 2.45) is 5.10 Å². The van der Waals surface area contributed by atoms with Crippen LogP contribution in [0, 0.1) is 5.82 Å². The lowest BCUT2D eigenvalue weighted by Gasteiger charge is -2.27. The number of nitrogens with one attached hydrogen (secondary N) is 2. The van der Waals surface area contributed by atoms with Gasteiger partial charge in [-0.25, -0.2) is 14.8 Å². The van der Waals surface area contributed by atoms with E-state index in [1.165, 1.54) is 24.8 Å². The van der Waals surface area contributed by atoms with E-state index < -0.39 is 17.6 Å². The maximum absolute atomic E-state index is 14.2. The second-order valence-electron chi connectivity index (χ2n) is 8.36. The molecule has 0 bridgehead atoms. The van der Waals surface area contributed by atoms with Crippen molar-refractivity contribution < 1.29 is 22.3 Å². The summed E-state index contributed by atoms with van der Waals surface area (Å²) in [5, 5.41) is 14.4. The molecule has 4 aromatic rings. The number of aromatic nitrogens is 5. The van der Waals surface area contributed by atoms with Gasteiger partial charge >= 0.3 is 6.18 Å². The second-order valence-corrected chi connectivity index (χ2v) is 8.36. The zero-order valence-corrected chi connectivity index (χ0v) is 20.2. The molecule has 2 N–H and O–H groups in total. The van der Waals surface area contributed by atoms with Crippen molar-refractivity contribution in [1.29, 1.82) is 0 Å². The molecule has 1 saturated heterocycles. The summed E-state index contributed by atoms with van der Waals surface area (Å²) in [7, 11) is 0. The smallest absolute Gasteiger partial charge is 0.378 e. The van der Waals surface area contributed by atoms with Crippen molar-refractivity contribution in [2.75, 3.05) is 41.9 Å². The van der Waals surface area contributed by atoms with E-state index in [1.807, 2.05) is 0 Å². The molecule has 3 aromatic heterocycles. The van der Waals surface area contributed by atoms with Crippen molar-refractivity contribution in [3.05, 3.63) is 78.3 Å². The van der Waals surface area contributed by atoms with Crippen LogP contribution < -0.4 is 15.6 Å². The fraction of sp³-hybridized carbons (Fsp3) is 0.200. The summed E-state index contributed by atoms with van der Waals surface area (Å²) in [5.74, 6) is -0.267. The van der Waals surface area contributed by atoms with Crippen LogP contribution in [0.3, 0.4) is 0 Å². The quantitative estimate of drug-likeness (QED) is 0.199. The van der Waals surface area contributed by atoms with Gasteiger partial charge in [0.1, 0.15) is 0 Å². The number of alkyl halides is 3. The molecule has 1 aliphatic heterocycles. The number of hydrogen-bond donors (Lipinski definition) is 2. The van der Waals surface area contributed by atoms with Gasteiger partial charge in [0, 0.05) is 24.3 Å². The van der Waals surface area contributed by atoms with Crippen LogP contribution in [0.2, 0.25) is 0 Å². The van der Waals surface area contributed by atoms with Crippen LogP contribution in [0.25, 0.3) is 11.1 Å². The Morgan fingerprint density at radius 3 is 2.49 bits per heavy atom. The summed E-state index contributed by atoms with van der Waals surface area (Å²) >= 11 is 0. The van der Waals surface area contributed by atoms with Crippen molar-refractivity contribution in [2.45, 2.75) is 6.18 Å².